The average Bonchev–Trinajstić information content (AvgIpc) is 3.47. The Bertz CT molecular complexity index is 2090. The normalized spacial score (nSPS) is 11.3. The Kier molecular flexibility index (Phi) is 6.12. The van der Waals surface area contributed by atoms with E-state index in [1.807, 2.05) is 0 Å². The lowest BCUT2D eigenvalue weighted by atomic mass is 10.0. The number of hydrogen-bond donors (Lipinski definition) is 0. The van der Waals surface area contributed by atoms with Crippen molar-refractivity contribution in [3.63, 3.8) is 0 Å². The van der Waals surface area contributed by atoms with Crippen molar-refractivity contribution in [3.05, 3.63) is 170 Å². The van der Waals surface area contributed by atoms with E-state index in [4.69, 9.17) is 4.42 Å². The second-order valence-electron chi connectivity index (χ2n) is 10.6. The van der Waals surface area contributed by atoms with Crippen LogP contribution in [0.3, 0.4) is 0 Å². The van der Waals surface area contributed by atoms with Gasteiger partial charge in [-0.25, -0.2) is 0 Å². The predicted molar refractivity (Wildman–Crippen MR) is 181 cm³/mol. The molecule has 1 aromatic heterocycles. The summed E-state index contributed by atoms with van der Waals surface area (Å²) in [7, 11) is 0. The van der Waals surface area contributed by atoms with Gasteiger partial charge in [-0.3, -0.25) is 0 Å². The van der Waals surface area contributed by atoms with Crippen LogP contribution in [0.4, 0.5) is 34.1 Å². The summed E-state index contributed by atoms with van der Waals surface area (Å²) < 4.78 is 6.73. The summed E-state index contributed by atoms with van der Waals surface area (Å²) in [5.74, 6) is 0. The third-order valence-corrected chi connectivity index (χ3v) is 8.00. The number of nitrogens with zero attached hydrogens (tertiary/aromatic N) is 2. The number of fused-ring (bicyclic) bond motifs is 5. The lowest BCUT2D eigenvalue weighted by Gasteiger charge is -2.33. The van der Waals surface area contributed by atoms with Gasteiger partial charge in [-0.1, -0.05) is 103 Å². The molecule has 7 aromatic carbocycles. The number of benzene rings is 7. The Hall–Kier alpha value is -5.80. The van der Waals surface area contributed by atoms with Crippen molar-refractivity contribution in [1.82, 2.24) is 0 Å². The highest BCUT2D eigenvalue weighted by atomic mass is 16.3. The first kappa shape index (κ1) is 25.0. The van der Waals surface area contributed by atoms with Crippen LogP contribution < -0.4 is 9.80 Å². The van der Waals surface area contributed by atoms with E-state index in [0.717, 1.165) is 66.8 Å². The minimum atomic E-state index is 0.850. The summed E-state index contributed by atoms with van der Waals surface area (Å²) in [5.41, 5.74) is 8.14. The Morgan fingerprint density at radius 3 is 1.42 bits per heavy atom. The minimum Gasteiger partial charge on any atom is -0.455 e. The van der Waals surface area contributed by atoms with Crippen molar-refractivity contribution in [2.75, 3.05) is 9.80 Å². The largest absolute Gasteiger partial charge is 0.455 e. The molecule has 0 unspecified atom stereocenters. The highest BCUT2D eigenvalue weighted by Gasteiger charge is 2.27. The monoisotopic (exact) mass is 552 g/mol. The summed E-state index contributed by atoms with van der Waals surface area (Å²) in [6.45, 7) is 0. The molecule has 3 nitrogen and oxygen atoms in total. The van der Waals surface area contributed by atoms with Crippen LogP contribution in [0.15, 0.2) is 174 Å². The fraction of sp³-hybridized carbons (Fsp3) is 0. The highest BCUT2D eigenvalue weighted by molar-refractivity contribution is 6.22. The first-order chi connectivity index (χ1) is 21.4. The lowest BCUT2D eigenvalue weighted by molar-refractivity contribution is 0.672. The molecule has 0 amide bonds. The van der Waals surface area contributed by atoms with E-state index in [2.05, 4.69) is 180 Å². The molecule has 0 spiro atoms. The summed E-state index contributed by atoms with van der Waals surface area (Å²) in [6.07, 6.45) is 0. The molecule has 0 aliphatic heterocycles. The average molecular weight is 553 g/mol. The Balaban J connectivity index is 1.54. The maximum atomic E-state index is 6.73. The molecule has 0 N–H and O–H groups in total. The summed E-state index contributed by atoms with van der Waals surface area (Å²) >= 11 is 0. The van der Waals surface area contributed by atoms with Crippen LogP contribution in [0.25, 0.3) is 32.7 Å². The fourth-order valence-electron chi connectivity index (χ4n) is 6.12. The van der Waals surface area contributed by atoms with Gasteiger partial charge in [-0.05, 0) is 72.1 Å². The van der Waals surface area contributed by atoms with Crippen molar-refractivity contribution in [3.8, 4) is 0 Å². The molecule has 8 aromatic rings. The van der Waals surface area contributed by atoms with Gasteiger partial charge in [0, 0.05) is 33.5 Å². The van der Waals surface area contributed by atoms with Gasteiger partial charge in [-0.15, -0.1) is 0 Å². The molecular weight excluding hydrogens is 524 g/mol. The molecule has 0 saturated carbocycles. The molecule has 8 rings (SSSR count). The number of rotatable bonds is 6. The molecule has 0 saturated heterocycles. The van der Waals surface area contributed by atoms with Crippen molar-refractivity contribution in [1.29, 1.82) is 0 Å². The molecule has 3 heteroatoms. The SMILES string of the molecule is c1ccc(N(c2ccccc2)c2ccc3oc4c5ccccc5ccc4c3c2N(c2ccccc2)c2ccccc2)cc1. The number of para-hydroxylation sites is 4. The van der Waals surface area contributed by atoms with Crippen LogP contribution in [-0.4, -0.2) is 0 Å². The van der Waals surface area contributed by atoms with Crippen LogP contribution in [0.2, 0.25) is 0 Å². The minimum absolute atomic E-state index is 0.850. The molecule has 0 atom stereocenters. The maximum Gasteiger partial charge on any atom is 0.143 e. The van der Waals surface area contributed by atoms with Gasteiger partial charge >= 0.3 is 0 Å². The fourth-order valence-corrected chi connectivity index (χ4v) is 6.12. The third kappa shape index (κ3) is 4.30. The topological polar surface area (TPSA) is 19.6 Å². The van der Waals surface area contributed by atoms with Gasteiger partial charge in [0.15, 0.2) is 0 Å². The van der Waals surface area contributed by atoms with Crippen molar-refractivity contribution in [2.45, 2.75) is 0 Å². The molecular formula is C40H28N2O. The van der Waals surface area contributed by atoms with Gasteiger partial charge in [0.2, 0.25) is 0 Å². The van der Waals surface area contributed by atoms with Gasteiger partial charge in [0.05, 0.1) is 16.8 Å². The third-order valence-electron chi connectivity index (χ3n) is 8.00. The Morgan fingerprint density at radius 2 is 0.860 bits per heavy atom. The van der Waals surface area contributed by atoms with E-state index < -0.39 is 0 Å². The zero-order valence-corrected chi connectivity index (χ0v) is 23.5. The van der Waals surface area contributed by atoms with Crippen LogP contribution in [-0.2, 0) is 0 Å². The van der Waals surface area contributed by atoms with Crippen LogP contribution in [0.5, 0.6) is 0 Å². The predicted octanol–water partition coefficient (Wildman–Crippen LogP) is 11.7. The molecule has 0 aliphatic carbocycles. The zero-order chi connectivity index (χ0) is 28.6. The van der Waals surface area contributed by atoms with Gasteiger partial charge in [-0.2, -0.15) is 0 Å². The second kappa shape index (κ2) is 10.6. The molecule has 0 radical (unpaired) electrons. The molecule has 43 heavy (non-hydrogen) atoms. The quantitative estimate of drug-likeness (QED) is 0.205. The van der Waals surface area contributed by atoms with Crippen molar-refractivity contribution in [2.24, 2.45) is 0 Å². The Morgan fingerprint density at radius 1 is 0.372 bits per heavy atom. The van der Waals surface area contributed by atoms with Crippen LogP contribution in [0.1, 0.15) is 0 Å². The van der Waals surface area contributed by atoms with E-state index in [1.54, 1.807) is 0 Å². The van der Waals surface area contributed by atoms with E-state index >= 15 is 0 Å². The lowest BCUT2D eigenvalue weighted by Crippen LogP contribution is -2.17. The van der Waals surface area contributed by atoms with E-state index in [1.165, 1.54) is 0 Å². The molecule has 1 heterocycles. The molecule has 204 valence electrons. The van der Waals surface area contributed by atoms with E-state index in [-0.39, 0.29) is 0 Å². The Labute approximate surface area is 250 Å². The molecule has 0 aliphatic rings. The number of furan rings is 1. The summed E-state index contributed by atoms with van der Waals surface area (Å²) in [5, 5.41) is 4.43. The number of anilines is 6. The zero-order valence-electron chi connectivity index (χ0n) is 23.5. The first-order valence-electron chi connectivity index (χ1n) is 14.5. The smallest absolute Gasteiger partial charge is 0.143 e. The number of hydrogen-bond acceptors (Lipinski definition) is 3. The van der Waals surface area contributed by atoms with Gasteiger partial charge in [0.25, 0.3) is 0 Å². The van der Waals surface area contributed by atoms with E-state index in [0.29, 0.717) is 0 Å². The van der Waals surface area contributed by atoms with Gasteiger partial charge < -0.3 is 14.2 Å². The molecule has 0 bridgehead atoms. The van der Waals surface area contributed by atoms with Crippen molar-refractivity contribution < 1.29 is 4.42 Å². The standard InChI is InChI=1S/C40H28N2O/c1-5-16-30(17-6-1)41(31-18-7-2-8-19-31)36-27-28-37-38(35-26-25-29-15-13-14-24-34(29)40(35)43-37)39(36)42(32-20-9-3-10-21-32)33-22-11-4-12-23-33/h1-28H. The maximum absolute atomic E-state index is 6.73. The van der Waals surface area contributed by atoms with Gasteiger partial charge in [0.1, 0.15) is 11.2 Å². The summed E-state index contributed by atoms with van der Waals surface area (Å²) in [4.78, 5) is 4.70. The second-order valence-corrected chi connectivity index (χ2v) is 10.6. The molecule has 0 fully saturated rings. The van der Waals surface area contributed by atoms with Crippen LogP contribution >= 0.6 is 0 Å². The summed E-state index contributed by atoms with van der Waals surface area (Å²) in [6, 6.07) is 59.5. The van der Waals surface area contributed by atoms with Crippen LogP contribution in [0, 0.1) is 0 Å². The van der Waals surface area contributed by atoms with Crippen molar-refractivity contribution >= 4 is 66.8 Å². The van der Waals surface area contributed by atoms with E-state index in [9.17, 15) is 0 Å². The highest BCUT2D eigenvalue weighted by Crippen LogP contribution is 2.51. The first-order valence-corrected chi connectivity index (χ1v) is 14.5.